The van der Waals surface area contributed by atoms with Gasteiger partial charge in [-0.05, 0) is 95.7 Å². The molecule has 0 N–H and O–H groups in total. The first kappa shape index (κ1) is 37.1. The summed E-state index contributed by atoms with van der Waals surface area (Å²) in [5, 5.41) is 2.43. The van der Waals surface area contributed by atoms with Crippen LogP contribution in [0.5, 0.6) is 0 Å². The van der Waals surface area contributed by atoms with E-state index in [-0.39, 0.29) is 0 Å². The van der Waals surface area contributed by atoms with Crippen LogP contribution in [0.4, 0.5) is 0 Å². The molecule has 0 radical (unpaired) electrons. The summed E-state index contributed by atoms with van der Waals surface area (Å²) in [4.78, 5) is 15.6. The monoisotopic (exact) mass is 774 g/mol. The highest BCUT2D eigenvalue weighted by atomic mass is 15.1. The van der Waals surface area contributed by atoms with Crippen LogP contribution in [-0.2, 0) is 6.42 Å². The molecule has 4 heteroatoms. The van der Waals surface area contributed by atoms with Crippen molar-refractivity contribution >= 4 is 27.4 Å². The number of benzene rings is 7. The molecule has 60 heavy (non-hydrogen) atoms. The van der Waals surface area contributed by atoms with Gasteiger partial charge in [0, 0.05) is 27.5 Å². The summed E-state index contributed by atoms with van der Waals surface area (Å²) in [5.41, 5.74) is 15.2. The maximum absolute atomic E-state index is 5.27. The van der Waals surface area contributed by atoms with E-state index in [2.05, 4.69) is 188 Å². The van der Waals surface area contributed by atoms with E-state index in [0.717, 1.165) is 53.6 Å². The summed E-state index contributed by atoms with van der Waals surface area (Å²) in [6.45, 7) is 4.59. The molecule has 0 bridgehead atoms. The zero-order valence-electron chi connectivity index (χ0n) is 34.1. The predicted molar refractivity (Wildman–Crippen MR) is 250 cm³/mol. The third-order valence-corrected chi connectivity index (χ3v) is 12.2. The molecule has 1 atom stereocenters. The van der Waals surface area contributed by atoms with E-state index in [4.69, 9.17) is 15.0 Å². The second-order valence-electron chi connectivity index (χ2n) is 15.8. The molecule has 7 aromatic carbocycles. The Bertz CT molecular complexity index is 3050. The Kier molecular flexibility index (Phi) is 10.0. The SMILES string of the molecule is CCC(Cc1ccccc1-c1ccc2c3ccccc3n(-c3ccccc3-c3nc(-c4ccccc4)nc(-c4ccc(C5=CCCC=C5)cc4)n3)c2c1C)c1ccccc1. The molecule has 0 saturated carbocycles. The summed E-state index contributed by atoms with van der Waals surface area (Å²) >= 11 is 0. The molecular weight excluding hydrogens is 729 g/mol. The van der Waals surface area contributed by atoms with Crippen molar-refractivity contribution in [2.45, 2.75) is 45.4 Å². The summed E-state index contributed by atoms with van der Waals surface area (Å²) in [7, 11) is 0. The van der Waals surface area contributed by atoms with Gasteiger partial charge in [0.05, 0.1) is 16.7 Å². The van der Waals surface area contributed by atoms with Crippen LogP contribution in [0.2, 0.25) is 0 Å². The molecule has 1 unspecified atom stereocenters. The molecule has 4 nitrogen and oxygen atoms in total. The second kappa shape index (κ2) is 16.2. The molecule has 2 heterocycles. The van der Waals surface area contributed by atoms with Gasteiger partial charge in [-0.25, -0.2) is 15.0 Å². The highest BCUT2D eigenvalue weighted by Gasteiger charge is 2.22. The maximum Gasteiger partial charge on any atom is 0.166 e. The van der Waals surface area contributed by atoms with Crippen molar-refractivity contribution in [3.05, 3.63) is 210 Å². The summed E-state index contributed by atoms with van der Waals surface area (Å²) in [5.74, 6) is 2.36. The third-order valence-electron chi connectivity index (χ3n) is 12.2. The van der Waals surface area contributed by atoms with E-state index in [1.807, 2.05) is 18.2 Å². The van der Waals surface area contributed by atoms with Crippen LogP contribution in [0.3, 0.4) is 0 Å². The van der Waals surface area contributed by atoms with Crippen LogP contribution in [0, 0.1) is 6.92 Å². The summed E-state index contributed by atoms with van der Waals surface area (Å²) < 4.78 is 2.44. The number of aromatic nitrogens is 4. The van der Waals surface area contributed by atoms with Crippen molar-refractivity contribution in [2.24, 2.45) is 0 Å². The number of hydrogen-bond donors (Lipinski definition) is 0. The molecule has 2 aromatic heterocycles. The standard InChI is InChI=1S/C56H46N4/c1-3-39(40-19-7-4-8-20-40)37-45-25-13-14-26-47(45)46-35-36-49-48-27-15-17-29-51(48)60(53(49)38(46)2)52-30-18-16-28-50(52)56-58-54(43-23-11-6-12-24-43)57-55(59-56)44-33-31-42(32-34-44)41-21-9-5-10-22-41/h4,6-9,11-36,39H,3,5,10,37H2,1-2H3. The lowest BCUT2D eigenvalue weighted by Crippen LogP contribution is -2.05. The van der Waals surface area contributed by atoms with Gasteiger partial charge in [0.2, 0.25) is 0 Å². The lowest BCUT2D eigenvalue weighted by molar-refractivity contribution is 0.661. The molecule has 0 fully saturated rings. The van der Waals surface area contributed by atoms with Crippen LogP contribution in [-0.4, -0.2) is 19.5 Å². The quantitative estimate of drug-likeness (QED) is 0.139. The van der Waals surface area contributed by atoms with Crippen LogP contribution in [0.1, 0.15) is 54.4 Å². The minimum Gasteiger partial charge on any atom is -0.308 e. The Hall–Kier alpha value is -7.17. The summed E-state index contributed by atoms with van der Waals surface area (Å²) in [6.07, 6.45) is 11.0. The van der Waals surface area contributed by atoms with E-state index in [1.165, 1.54) is 55.2 Å². The molecule has 0 saturated heterocycles. The van der Waals surface area contributed by atoms with Gasteiger partial charge in [0.15, 0.2) is 17.5 Å². The predicted octanol–water partition coefficient (Wildman–Crippen LogP) is 14.4. The highest BCUT2D eigenvalue weighted by molar-refractivity contribution is 6.12. The molecule has 0 amide bonds. The smallest absolute Gasteiger partial charge is 0.166 e. The lowest BCUT2D eigenvalue weighted by atomic mass is 9.85. The van der Waals surface area contributed by atoms with Crippen molar-refractivity contribution in [1.29, 1.82) is 0 Å². The zero-order chi connectivity index (χ0) is 40.4. The van der Waals surface area contributed by atoms with Crippen molar-refractivity contribution in [3.8, 4) is 51.0 Å². The van der Waals surface area contributed by atoms with Crippen molar-refractivity contribution < 1.29 is 0 Å². The van der Waals surface area contributed by atoms with Crippen molar-refractivity contribution in [1.82, 2.24) is 19.5 Å². The number of allylic oxidation sites excluding steroid dienone is 4. The minimum absolute atomic E-state index is 0.435. The first-order chi connectivity index (χ1) is 29.6. The van der Waals surface area contributed by atoms with Crippen molar-refractivity contribution in [3.63, 3.8) is 0 Å². The lowest BCUT2D eigenvalue weighted by Gasteiger charge is -2.20. The zero-order valence-corrected chi connectivity index (χ0v) is 34.1. The van der Waals surface area contributed by atoms with Gasteiger partial charge >= 0.3 is 0 Å². The van der Waals surface area contributed by atoms with Crippen LogP contribution in [0.15, 0.2) is 188 Å². The van der Waals surface area contributed by atoms with E-state index in [9.17, 15) is 0 Å². The van der Waals surface area contributed by atoms with E-state index in [0.29, 0.717) is 23.4 Å². The number of hydrogen-bond acceptors (Lipinski definition) is 3. The minimum atomic E-state index is 0.435. The van der Waals surface area contributed by atoms with Crippen LogP contribution in [0.25, 0.3) is 78.4 Å². The molecule has 0 spiro atoms. The number of fused-ring (bicyclic) bond motifs is 3. The van der Waals surface area contributed by atoms with Gasteiger partial charge in [0.25, 0.3) is 0 Å². The first-order valence-corrected chi connectivity index (χ1v) is 21.2. The molecule has 0 aliphatic heterocycles. The van der Waals surface area contributed by atoms with E-state index < -0.39 is 0 Å². The molecule has 9 aromatic rings. The Balaban J connectivity index is 1.14. The number of para-hydroxylation sites is 2. The van der Waals surface area contributed by atoms with E-state index in [1.54, 1.807) is 0 Å². The number of aryl methyl sites for hydroxylation is 1. The molecule has 1 aliphatic carbocycles. The third kappa shape index (κ3) is 6.94. The Morgan fingerprint density at radius 1 is 0.533 bits per heavy atom. The van der Waals surface area contributed by atoms with Gasteiger partial charge in [-0.15, -0.1) is 0 Å². The number of nitrogens with zero attached hydrogens (tertiary/aromatic N) is 4. The fourth-order valence-corrected chi connectivity index (χ4v) is 9.05. The Morgan fingerprint density at radius 3 is 1.92 bits per heavy atom. The number of rotatable bonds is 10. The van der Waals surface area contributed by atoms with Gasteiger partial charge in [0.1, 0.15) is 0 Å². The van der Waals surface area contributed by atoms with Gasteiger partial charge in [-0.1, -0.05) is 177 Å². The Labute approximate surface area is 352 Å². The molecule has 10 rings (SSSR count). The molecule has 290 valence electrons. The Morgan fingerprint density at radius 2 is 1.17 bits per heavy atom. The fraction of sp³-hybridized carbons (Fsp3) is 0.125. The van der Waals surface area contributed by atoms with Gasteiger partial charge in [-0.3, -0.25) is 0 Å². The van der Waals surface area contributed by atoms with E-state index >= 15 is 0 Å². The highest BCUT2D eigenvalue weighted by Crippen LogP contribution is 2.41. The maximum atomic E-state index is 5.27. The average Bonchev–Trinajstić information content (AvgIpc) is 3.67. The fourth-order valence-electron chi connectivity index (χ4n) is 9.05. The average molecular weight is 775 g/mol. The van der Waals surface area contributed by atoms with Crippen molar-refractivity contribution in [2.75, 3.05) is 0 Å². The molecule has 1 aliphatic rings. The second-order valence-corrected chi connectivity index (χ2v) is 15.8. The van der Waals surface area contributed by atoms with Gasteiger partial charge in [-0.2, -0.15) is 0 Å². The van der Waals surface area contributed by atoms with Crippen LogP contribution >= 0.6 is 0 Å². The van der Waals surface area contributed by atoms with Gasteiger partial charge < -0.3 is 4.57 Å². The topological polar surface area (TPSA) is 43.6 Å². The van der Waals surface area contributed by atoms with Crippen LogP contribution < -0.4 is 0 Å². The summed E-state index contributed by atoms with van der Waals surface area (Å²) in [6, 6.07) is 60.8. The normalized spacial score (nSPS) is 13.1. The molecular formula is C56H46N4. The largest absolute Gasteiger partial charge is 0.308 e. The first-order valence-electron chi connectivity index (χ1n) is 21.2.